The molecule has 0 N–H and O–H groups in total. The van der Waals surface area contributed by atoms with E-state index in [2.05, 4.69) is 48.8 Å². The smallest absolute Gasteiger partial charge is 0.243 e. The molecular weight excluding hydrogens is 380 g/mol. The van der Waals surface area contributed by atoms with Gasteiger partial charge in [0, 0.05) is 16.4 Å². The zero-order valence-corrected chi connectivity index (χ0v) is 17.8. The van der Waals surface area contributed by atoms with Crippen LogP contribution in [0.25, 0.3) is 10.2 Å². The summed E-state index contributed by atoms with van der Waals surface area (Å²) >= 11 is 7.89. The van der Waals surface area contributed by atoms with Crippen molar-refractivity contribution in [3.8, 4) is 0 Å². The van der Waals surface area contributed by atoms with Crippen molar-refractivity contribution in [2.45, 2.75) is 57.9 Å². The molecule has 144 valence electrons. The molecule has 0 aliphatic carbocycles. The lowest BCUT2D eigenvalue weighted by Crippen LogP contribution is -2.35. The minimum absolute atomic E-state index is 0.0930. The minimum atomic E-state index is -0.0930. The number of nitrogens with zero attached hydrogens (tertiary/aromatic N) is 4. The van der Waals surface area contributed by atoms with E-state index >= 15 is 0 Å². The van der Waals surface area contributed by atoms with Gasteiger partial charge in [0.25, 0.3) is 0 Å². The predicted molar refractivity (Wildman–Crippen MR) is 110 cm³/mol. The maximum Gasteiger partial charge on any atom is 0.243 e. The average molecular weight is 405 g/mol. The lowest BCUT2D eigenvalue weighted by Gasteiger charge is -2.33. The van der Waals surface area contributed by atoms with Gasteiger partial charge in [-0.3, -0.25) is 4.90 Å². The van der Waals surface area contributed by atoms with Crippen molar-refractivity contribution in [3.05, 3.63) is 39.9 Å². The van der Waals surface area contributed by atoms with Crippen LogP contribution in [0, 0.1) is 0 Å². The summed E-state index contributed by atoms with van der Waals surface area (Å²) in [6.45, 7) is 10.5. The van der Waals surface area contributed by atoms with Gasteiger partial charge >= 0.3 is 0 Å². The van der Waals surface area contributed by atoms with E-state index in [-0.39, 0.29) is 11.5 Å². The Morgan fingerprint density at radius 2 is 1.96 bits per heavy atom. The highest BCUT2D eigenvalue weighted by atomic mass is 35.5. The topological polar surface area (TPSA) is 55.1 Å². The fourth-order valence-corrected chi connectivity index (χ4v) is 4.78. The fraction of sp³-hybridized carbons (Fsp3) is 0.550. The minimum Gasteiger partial charge on any atom is -0.338 e. The first-order chi connectivity index (χ1) is 12.8. The highest BCUT2D eigenvalue weighted by Crippen LogP contribution is 2.36. The summed E-state index contributed by atoms with van der Waals surface area (Å²) in [6.07, 6.45) is 2.19. The van der Waals surface area contributed by atoms with Crippen molar-refractivity contribution in [3.63, 3.8) is 0 Å². The highest BCUT2D eigenvalue weighted by molar-refractivity contribution is 7.18. The van der Waals surface area contributed by atoms with Gasteiger partial charge in [-0.15, -0.1) is 11.3 Å². The van der Waals surface area contributed by atoms with Crippen molar-refractivity contribution in [1.82, 2.24) is 20.0 Å². The monoisotopic (exact) mass is 404 g/mol. The first kappa shape index (κ1) is 18.8. The SMILES string of the molecule is CC(c1nc(C(C)(C)C)no1)N1CCC(c2nc3cc(Cl)ccc3s2)CC1. The van der Waals surface area contributed by atoms with Crippen LogP contribution in [0.3, 0.4) is 0 Å². The number of likely N-dealkylation sites (tertiary alicyclic amines) is 1. The number of benzene rings is 1. The Kier molecular flexibility index (Phi) is 4.99. The summed E-state index contributed by atoms with van der Waals surface area (Å²) in [5.41, 5.74) is 0.920. The molecule has 2 aromatic heterocycles. The van der Waals surface area contributed by atoms with Gasteiger partial charge in [0.2, 0.25) is 5.89 Å². The molecule has 0 radical (unpaired) electrons. The number of hydrogen-bond acceptors (Lipinski definition) is 6. The van der Waals surface area contributed by atoms with Gasteiger partial charge in [0.05, 0.1) is 21.3 Å². The van der Waals surface area contributed by atoms with Crippen LogP contribution in [-0.2, 0) is 5.41 Å². The third kappa shape index (κ3) is 3.89. The Balaban J connectivity index is 1.42. The first-order valence-corrected chi connectivity index (χ1v) is 10.6. The second-order valence-corrected chi connectivity index (χ2v) is 9.86. The Morgan fingerprint density at radius 1 is 1.22 bits per heavy atom. The lowest BCUT2D eigenvalue weighted by atomic mass is 9.96. The lowest BCUT2D eigenvalue weighted by molar-refractivity contribution is 0.136. The molecule has 3 aromatic rings. The first-order valence-electron chi connectivity index (χ1n) is 9.45. The van der Waals surface area contributed by atoms with Crippen LogP contribution in [0.4, 0.5) is 0 Å². The molecule has 1 aliphatic rings. The molecule has 0 saturated carbocycles. The summed E-state index contributed by atoms with van der Waals surface area (Å²) in [4.78, 5) is 11.9. The largest absolute Gasteiger partial charge is 0.338 e. The van der Waals surface area contributed by atoms with E-state index in [1.54, 1.807) is 11.3 Å². The molecule has 1 saturated heterocycles. The maximum atomic E-state index is 6.09. The maximum absolute atomic E-state index is 6.09. The van der Waals surface area contributed by atoms with Crippen molar-refractivity contribution in [1.29, 1.82) is 0 Å². The second kappa shape index (κ2) is 7.15. The number of halogens is 1. The molecule has 3 heterocycles. The number of rotatable bonds is 3. The van der Waals surface area contributed by atoms with Crippen molar-refractivity contribution in [2.75, 3.05) is 13.1 Å². The highest BCUT2D eigenvalue weighted by Gasteiger charge is 2.30. The molecule has 0 amide bonds. The van der Waals surface area contributed by atoms with Gasteiger partial charge in [0.1, 0.15) is 0 Å². The Hall–Kier alpha value is -1.50. The molecule has 0 spiro atoms. The van der Waals surface area contributed by atoms with E-state index in [0.717, 1.165) is 42.3 Å². The van der Waals surface area contributed by atoms with Crippen molar-refractivity contribution < 1.29 is 4.52 Å². The van der Waals surface area contributed by atoms with E-state index in [1.165, 1.54) is 9.71 Å². The summed E-state index contributed by atoms with van der Waals surface area (Å²) in [7, 11) is 0. The Morgan fingerprint density at radius 3 is 2.63 bits per heavy atom. The van der Waals surface area contributed by atoms with Crippen molar-refractivity contribution in [2.24, 2.45) is 0 Å². The van der Waals surface area contributed by atoms with Crippen LogP contribution >= 0.6 is 22.9 Å². The standard InChI is InChI=1S/C20H25ClN4OS/c1-12(17-23-19(24-26-17)20(2,3)4)25-9-7-13(8-10-25)18-22-15-11-14(21)5-6-16(15)27-18/h5-6,11-13H,7-10H2,1-4H3. The van der Waals surface area contributed by atoms with Crippen LogP contribution in [-0.4, -0.2) is 33.1 Å². The van der Waals surface area contributed by atoms with Gasteiger partial charge in [-0.05, 0) is 51.1 Å². The third-order valence-electron chi connectivity index (χ3n) is 5.26. The van der Waals surface area contributed by atoms with Gasteiger partial charge in [0.15, 0.2) is 5.82 Å². The van der Waals surface area contributed by atoms with Gasteiger partial charge in [-0.1, -0.05) is 37.5 Å². The molecule has 5 nitrogen and oxygen atoms in total. The number of piperidine rings is 1. The van der Waals surface area contributed by atoms with Crippen LogP contribution in [0.2, 0.25) is 5.02 Å². The number of aromatic nitrogens is 3. The van der Waals surface area contributed by atoms with Gasteiger partial charge < -0.3 is 4.52 Å². The molecule has 0 bridgehead atoms. The number of thiazole rings is 1. The van der Waals surface area contributed by atoms with Crippen molar-refractivity contribution >= 4 is 33.2 Å². The molecule has 1 aliphatic heterocycles. The van der Waals surface area contributed by atoms with Crippen LogP contribution in [0.5, 0.6) is 0 Å². The number of fused-ring (bicyclic) bond motifs is 1. The third-order valence-corrected chi connectivity index (χ3v) is 6.70. The molecule has 27 heavy (non-hydrogen) atoms. The van der Waals surface area contributed by atoms with E-state index < -0.39 is 0 Å². The summed E-state index contributed by atoms with van der Waals surface area (Å²) < 4.78 is 6.76. The summed E-state index contributed by atoms with van der Waals surface area (Å²) in [5, 5.41) is 6.14. The predicted octanol–water partition coefficient (Wildman–Crippen LogP) is 5.57. The normalized spacial score (nSPS) is 18.3. The van der Waals surface area contributed by atoms with E-state index in [0.29, 0.717) is 11.8 Å². The molecular formula is C20H25ClN4OS. The number of hydrogen-bond donors (Lipinski definition) is 0. The van der Waals surface area contributed by atoms with Crippen LogP contribution < -0.4 is 0 Å². The second-order valence-electron chi connectivity index (χ2n) is 8.36. The Bertz CT molecular complexity index is 937. The Labute approximate surface area is 168 Å². The fourth-order valence-electron chi connectivity index (χ4n) is 3.49. The van der Waals surface area contributed by atoms with E-state index in [1.807, 2.05) is 12.1 Å². The van der Waals surface area contributed by atoms with E-state index in [4.69, 9.17) is 21.1 Å². The van der Waals surface area contributed by atoms with Crippen LogP contribution in [0.15, 0.2) is 22.7 Å². The zero-order chi connectivity index (χ0) is 19.2. The van der Waals surface area contributed by atoms with Crippen LogP contribution in [0.1, 0.15) is 69.2 Å². The quantitative estimate of drug-likeness (QED) is 0.571. The summed E-state index contributed by atoms with van der Waals surface area (Å²) in [5.74, 6) is 2.00. The molecule has 7 heteroatoms. The average Bonchev–Trinajstić information content (AvgIpc) is 3.28. The molecule has 1 atom stereocenters. The molecule has 1 unspecified atom stereocenters. The van der Waals surface area contributed by atoms with E-state index in [9.17, 15) is 0 Å². The van der Waals surface area contributed by atoms with Gasteiger partial charge in [-0.25, -0.2) is 4.98 Å². The molecule has 4 rings (SSSR count). The van der Waals surface area contributed by atoms with Gasteiger partial charge in [-0.2, -0.15) is 4.98 Å². The molecule has 1 fully saturated rings. The molecule has 1 aromatic carbocycles. The summed E-state index contributed by atoms with van der Waals surface area (Å²) in [6, 6.07) is 6.10. The zero-order valence-electron chi connectivity index (χ0n) is 16.2.